The molecule has 0 bridgehead atoms. The molecule has 29 heavy (non-hydrogen) atoms. The van der Waals surface area contributed by atoms with Crippen LogP contribution in [0, 0.1) is 5.82 Å². The van der Waals surface area contributed by atoms with Crippen LogP contribution in [0.5, 0.6) is 0 Å². The molecule has 0 N–H and O–H groups in total. The summed E-state index contributed by atoms with van der Waals surface area (Å²) in [5, 5.41) is 4.07. The fourth-order valence-corrected chi connectivity index (χ4v) is 4.20. The van der Waals surface area contributed by atoms with Gasteiger partial charge in [0.25, 0.3) is 0 Å². The van der Waals surface area contributed by atoms with Crippen LogP contribution in [0.25, 0.3) is 22.4 Å². The Labute approximate surface area is 168 Å². The summed E-state index contributed by atoms with van der Waals surface area (Å²) in [6.45, 7) is 4.58. The van der Waals surface area contributed by atoms with Crippen LogP contribution in [-0.4, -0.2) is 31.1 Å². The van der Waals surface area contributed by atoms with Gasteiger partial charge in [0.1, 0.15) is 11.6 Å². The molecule has 0 aliphatic carbocycles. The highest BCUT2D eigenvalue weighted by atomic mass is 19.1. The van der Waals surface area contributed by atoms with Gasteiger partial charge in [0.05, 0.1) is 23.6 Å². The van der Waals surface area contributed by atoms with Gasteiger partial charge in [-0.05, 0) is 62.7 Å². The normalized spacial score (nSPS) is 17.4. The molecule has 5 rings (SSSR count). The Morgan fingerprint density at radius 2 is 1.93 bits per heavy atom. The molecule has 2 aromatic carbocycles. The first-order valence-electron chi connectivity index (χ1n) is 10.0. The van der Waals surface area contributed by atoms with Crippen LogP contribution in [0.3, 0.4) is 0 Å². The number of rotatable bonds is 5. The number of hydrogen-bond acceptors (Lipinski definition) is 5. The van der Waals surface area contributed by atoms with Crippen LogP contribution in [0.1, 0.15) is 37.5 Å². The molecule has 4 aromatic rings. The third-order valence-corrected chi connectivity index (χ3v) is 5.57. The second kappa shape index (κ2) is 7.40. The summed E-state index contributed by atoms with van der Waals surface area (Å²) in [6.07, 6.45) is 2.17. The number of imidazole rings is 1. The zero-order valence-electron chi connectivity index (χ0n) is 16.3. The molecule has 1 unspecified atom stereocenters. The van der Waals surface area contributed by atoms with Gasteiger partial charge >= 0.3 is 0 Å². The maximum Gasteiger partial charge on any atom is 0.241 e. The average Bonchev–Trinajstić information content (AvgIpc) is 3.46. The Hall–Kier alpha value is -3.06. The summed E-state index contributed by atoms with van der Waals surface area (Å²) in [5.74, 6) is 1.87. The van der Waals surface area contributed by atoms with Crippen molar-refractivity contribution < 1.29 is 8.91 Å². The highest BCUT2D eigenvalue weighted by molar-refractivity contribution is 5.76. The van der Waals surface area contributed by atoms with E-state index >= 15 is 0 Å². The molecule has 1 aliphatic rings. The third kappa shape index (κ3) is 3.31. The summed E-state index contributed by atoms with van der Waals surface area (Å²) < 4.78 is 20.9. The zero-order valence-corrected chi connectivity index (χ0v) is 16.3. The van der Waals surface area contributed by atoms with Gasteiger partial charge in [0, 0.05) is 12.1 Å². The van der Waals surface area contributed by atoms with Gasteiger partial charge in [-0.2, -0.15) is 4.98 Å². The number of halogens is 1. The van der Waals surface area contributed by atoms with Crippen molar-refractivity contribution in [1.29, 1.82) is 0 Å². The number of aryl methyl sites for hydroxylation is 1. The number of nitrogens with zero attached hydrogens (tertiary/aromatic N) is 5. The molecule has 0 amide bonds. The Morgan fingerprint density at radius 3 is 2.76 bits per heavy atom. The van der Waals surface area contributed by atoms with E-state index in [4.69, 9.17) is 9.51 Å². The molecule has 6 nitrogen and oxygen atoms in total. The van der Waals surface area contributed by atoms with Crippen molar-refractivity contribution in [3.05, 3.63) is 66.1 Å². The summed E-state index contributed by atoms with van der Waals surface area (Å²) in [7, 11) is 0. The summed E-state index contributed by atoms with van der Waals surface area (Å²) in [4.78, 5) is 11.8. The zero-order chi connectivity index (χ0) is 19.8. The molecule has 1 aliphatic heterocycles. The van der Waals surface area contributed by atoms with E-state index < -0.39 is 0 Å². The first-order valence-corrected chi connectivity index (χ1v) is 10.0. The van der Waals surface area contributed by atoms with E-state index in [0.717, 1.165) is 42.8 Å². The van der Waals surface area contributed by atoms with Crippen molar-refractivity contribution in [2.75, 3.05) is 6.54 Å². The maximum absolute atomic E-state index is 13.1. The van der Waals surface area contributed by atoms with Crippen molar-refractivity contribution in [3.8, 4) is 11.4 Å². The number of benzene rings is 2. The van der Waals surface area contributed by atoms with E-state index in [2.05, 4.69) is 44.7 Å². The fourth-order valence-electron chi connectivity index (χ4n) is 4.20. The second-order valence-electron chi connectivity index (χ2n) is 7.35. The molecule has 148 valence electrons. The number of fused-ring (bicyclic) bond motifs is 1. The number of para-hydroxylation sites is 2. The van der Waals surface area contributed by atoms with E-state index in [1.165, 1.54) is 17.6 Å². The summed E-state index contributed by atoms with van der Waals surface area (Å²) in [5.41, 5.74) is 2.95. The quantitative estimate of drug-likeness (QED) is 0.498. The topological polar surface area (TPSA) is 60.0 Å². The summed E-state index contributed by atoms with van der Waals surface area (Å²) in [6, 6.07) is 14.6. The molecule has 0 saturated carbocycles. The van der Waals surface area contributed by atoms with E-state index in [1.54, 1.807) is 12.1 Å². The molecule has 1 fully saturated rings. The molecule has 1 saturated heterocycles. The van der Waals surface area contributed by atoms with Crippen molar-refractivity contribution in [2.45, 2.75) is 38.9 Å². The maximum atomic E-state index is 13.1. The highest BCUT2D eigenvalue weighted by Crippen LogP contribution is 2.34. The lowest BCUT2D eigenvalue weighted by molar-refractivity contribution is 0.203. The molecular formula is C22H22FN5O. The first kappa shape index (κ1) is 18.0. The van der Waals surface area contributed by atoms with Crippen molar-refractivity contribution in [1.82, 2.24) is 24.6 Å². The third-order valence-electron chi connectivity index (χ3n) is 5.57. The van der Waals surface area contributed by atoms with Gasteiger partial charge in [-0.25, -0.2) is 9.37 Å². The Morgan fingerprint density at radius 1 is 1.10 bits per heavy atom. The van der Waals surface area contributed by atoms with Gasteiger partial charge in [-0.1, -0.05) is 17.3 Å². The molecular weight excluding hydrogens is 369 g/mol. The number of hydrogen-bond donors (Lipinski definition) is 0. The lowest BCUT2D eigenvalue weighted by Gasteiger charge is -2.23. The fraction of sp³-hybridized carbons (Fsp3) is 0.318. The van der Waals surface area contributed by atoms with Gasteiger partial charge < -0.3 is 9.09 Å². The first-order chi connectivity index (χ1) is 14.2. The molecule has 3 heterocycles. The predicted molar refractivity (Wildman–Crippen MR) is 107 cm³/mol. The molecule has 0 spiro atoms. The van der Waals surface area contributed by atoms with Crippen LogP contribution in [0.15, 0.2) is 53.1 Å². The van der Waals surface area contributed by atoms with Crippen LogP contribution in [0.4, 0.5) is 4.39 Å². The van der Waals surface area contributed by atoms with Crippen LogP contribution in [0.2, 0.25) is 0 Å². The van der Waals surface area contributed by atoms with Crippen molar-refractivity contribution in [3.63, 3.8) is 0 Å². The monoisotopic (exact) mass is 391 g/mol. The Kier molecular flexibility index (Phi) is 4.60. The standard InChI is InChI=1S/C22H22FN5O/c1-2-28-18-7-4-3-6-17(18)24-22(28)19-8-5-13-27(19)14-20-25-21(26-29-20)15-9-11-16(23)12-10-15/h3-4,6-7,9-12,19H,2,5,8,13-14H2,1H3. The smallest absolute Gasteiger partial charge is 0.241 e. The van der Waals surface area contributed by atoms with Gasteiger partial charge in [-0.3, -0.25) is 4.90 Å². The van der Waals surface area contributed by atoms with Gasteiger partial charge in [0.2, 0.25) is 11.7 Å². The predicted octanol–water partition coefficient (Wildman–Crippen LogP) is 4.58. The van der Waals surface area contributed by atoms with E-state index in [9.17, 15) is 4.39 Å². The number of aromatic nitrogens is 4. The lowest BCUT2D eigenvalue weighted by Crippen LogP contribution is -2.25. The molecule has 2 aromatic heterocycles. The van der Waals surface area contributed by atoms with E-state index in [-0.39, 0.29) is 11.9 Å². The number of likely N-dealkylation sites (tertiary alicyclic amines) is 1. The van der Waals surface area contributed by atoms with E-state index in [0.29, 0.717) is 18.3 Å². The second-order valence-corrected chi connectivity index (χ2v) is 7.35. The average molecular weight is 391 g/mol. The largest absolute Gasteiger partial charge is 0.338 e. The van der Waals surface area contributed by atoms with Gasteiger partial charge in [0.15, 0.2) is 0 Å². The SMILES string of the molecule is CCn1c(C2CCCN2Cc2nc(-c3ccc(F)cc3)no2)nc2ccccc21. The van der Waals surface area contributed by atoms with Crippen LogP contribution >= 0.6 is 0 Å². The minimum Gasteiger partial charge on any atom is -0.338 e. The molecule has 1 atom stereocenters. The Balaban J connectivity index is 1.40. The molecule has 7 heteroatoms. The van der Waals surface area contributed by atoms with Crippen LogP contribution in [-0.2, 0) is 13.1 Å². The molecule has 0 radical (unpaired) electrons. The van der Waals surface area contributed by atoms with E-state index in [1.807, 2.05) is 6.07 Å². The van der Waals surface area contributed by atoms with Crippen molar-refractivity contribution in [2.24, 2.45) is 0 Å². The highest BCUT2D eigenvalue weighted by Gasteiger charge is 2.31. The lowest BCUT2D eigenvalue weighted by atomic mass is 10.2. The minimum atomic E-state index is -0.281. The summed E-state index contributed by atoms with van der Waals surface area (Å²) >= 11 is 0. The minimum absolute atomic E-state index is 0.225. The van der Waals surface area contributed by atoms with Crippen LogP contribution < -0.4 is 0 Å². The van der Waals surface area contributed by atoms with Crippen molar-refractivity contribution >= 4 is 11.0 Å². The van der Waals surface area contributed by atoms with Gasteiger partial charge in [-0.15, -0.1) is 0 Å². The Bertz CT molecular complexity index is 1130.